The minimum Gasteiger partial charge on any atom is -0.347 e. The molecule has 1 fully saturated rings. The van der Waals surface area contributed by atoms with Gasteiger partial charge in [-0.1, -0.05) is 15.9 Å². The maximum absolute atomic E-state index is 12.1. The van der Waals surface area contributed by atoms with Crippen molar-refractivity contribution in [3.8, 4) is 0 Å². The first-order valence-electron chi connectivity index (χ1n) is 5.78. The summed E-state index contributed by atoms with van der Waals surface area (Å²) in [6, 6.07) is 5.45. The molecular weight excluding hydrogens is 296 g/mol. The van der Waals surface area contributed by atoms with Crippen LogP contribution in [0.4, 0.5) is 0 Å². The highest BCUT2D eigenvalue weighted by molar-refractivity contribution is 9.10. The van der Waals surface area contributed by atoms with Crippen LogP contribution in [-0.4, -0.2) is 36.3 Å². The number of rotatable bonds is 2. The van der Waals surface area contributed by atoms with Crippen molar-refractivity contribution in [1.29, 1.82) is 0 Å². The molecule has 1 aliphatic rings. The molecule has 0 radical (unpaired) electrons. The SMILES string of the molecule is Cc1cc(Br)ccc1C(=O)NC1CC(=O)N(C)C1. The number of nitrogens with one attached hydrogen (secondary N) is 1. The first kappa shape index (κ1) is 13.1. The number of likely N-dealkylation sites (N-methyl/N-ethyl adjacent to an activating group) is 1. The fourth-order valence-electron chi connectivity index (χ4n) is 2.11. The summed E-state index contributed by atoms with van der Waals surface area (Å²) in [7, 11) is 1.75. The minimum atomic E-state index is -0.117. The Labute approximate surface area is 114 Å². The largest absolute Gasteiger partial charge is 0.347 e. The van der Waals surface area contributed by atoms with Gasteiger partial charge in [0.25, 0.3) is 5.91 Å². The Morgan fingerprint density at radius 1 is 1.50 bits per heavy atom. The van der Waals surface area contributed by atoms with Crippen LogP contribution < -0.4 is 5.32 Å². The Bertz CT molecular complexity index is 502. The van der Waals surface area contributed by atoms with Gasteiger partial charge in [0.1, 0.15) is 0 Å². The molecule has 1 N–H and O–H groups in total. The van der Waals surface area contributed by atoms with Crippen LogP contribution in [0.2, 0.25) is 0 Å². The summed E-state index contributed by atoms with van der Waals surface area (Å²) in [6.07, 6.45) is 0.387. The lowest BCUT2D eigenvalue weighted by atomic mass is 10.1. The summed E-state index contributed by atoms with van der Waals surface area (Å²) < 4.78 is 0.951. The van der Waals surface area contributed by atoms with E-state index in [1.807, 2.05) is 19.1 Å². The molecule has 0 bridgehead atoms. The molecule has 0 saturated carbocycles. The molecule has 0 aromatic heterocycles. The van der Waals surface area contributed by atoms with Crippen molar-refractivity contribution in [3.05, 3.63) is 33.8 Å². The molecule has 1 saturated heterocycles. The third kappa shape index (κ3) is 2.72. The van der Waals surface area contributed by atoms with Gasteiger partial charge in [-0.3, -0.25) is 9.59 Å². The number of carbonyl (C=O) groups is 2. The molecule has 5 heteroatoms. The van der Waals surface area contributed by atoms with Gasteiger partial charge in [0, 0.05) is 30.0 Å². The van der Waals surface area contributed by atoms with E-state index in [2.05, 4.69) is 21.2 Å². The van der Waals surface area contributed by atoms with Gasteiger partial charge in [0.05, 0.1) is 6.04 Å². The van der Waals surface area contributed by atoms with Gasteiger partial charge in [-0.05, 0) is 30.7 Å². The van der Waals surface area contributed by atoms with Crippen molar-refractivity contribution >= 4 is 27.7 Å². The third-order valence-corrected chi connectivity index (χ3v) is 3.60. The molecular formula is C13H15BrN2O2. The molecule has 0 aliphatic carbocycles. The molecule has 1 aromatic carbocycles. The minimum absolute atomic E-state index is 0.0767. The van der Waals surface area contributed by atoms with Gasteiger partial charge >= 0.3 is 0 Å². The molecule has 1 atom stereocenters. The highest BCUT2D eigenvalue weighted by Gasteiger charge is 2.28. The van der Waals surface area contributed by atoms with Gasteiger partial charge in [0.2, 0.25) is 5.91 Å². The predicted molar refractivity (Wildman–Crippen MR) is 72.4 cm³/mol. The summed E-state index contributed by atoms with van der Waals surface area (Å²) in [6.45, 7) is 2.48. The molecule has 96 valence electrons. The summed E-state index contributed by atoms with van der Waals surface area (Å²) in [4.78, 5) is 25.1. The van der Waals surface area contributed by atoms with Crippen molar-refractivity contribution in [2.75, 3.05) is 13.6 Å². The van der Waals surface area contributed by atoms with E-state index in [4.69, 9.17) is 0 Å². The lowest BCUT2D eigenvalue weighted by molar-refractivity contribution is -0.126. The number of benzene rings is 1. The fraction of sp³-hybridized carbons (Fsp3) is 0.385. The molecule has 1 aromatic rings. The van der Waals surface area contributed by atoms with E-state index in [-0.39, 0.29) is 17.9 Å². The van der Waals surface area contributed by atoms with E-state index in [9.17, 15) is 9.59 Å². The number of amides is 2. The van der Waals surface area contributed by atoms with Crippen LogP contribution in [0.25, 0.3) is 0 Å². The number of likely N-dealkylation sites (tertiary alicyclic amines) is 1. The lowest BCUT2D eigenvalue weighted by Gasteiger charge is -2.13. The maximum Gasteiger partial charge on any atom is 0.251 e. The Balaban J connectivity index is 2.06. The summed E-state index contributed by atoms with van der Waals surface area (Å²) in [5.41, 5.74) is 1.57. The highest BCUT2D eigenvalue weighted by Crippen LogP contribution is 2.16. The highest BCUT2D eigenvalue weighted by atomic mass is 79.9. The van der Waals surface area contributed by atoms with E-state index < -0.39 is 0 Å². The van der Waals surface area contributed by atoms with Crippen molar-refractivity contribution in [2.45, 2.75) is 19.4 Å². The number of nitrogens with zero attached hydrogens (tertiary/aromatic N) is 1. The summed E-state index contributed by atoms with van der Waals surface area (Å²) >= 11 is 3.37. The Morgan fingerprint density at radius 3 is 2.78 bits per heavy atom. The topological polar surface area (TPSA) is 49.4 Å². The first-order valence-corrected chi connectivity index (χ1v) is 6.57. The van der Waals surface area contributed by atoms with E-state index in [1.165, 1.54) is 0 Å². The second-order valence-electron chi connectivity index (χ2n) is 4.61. The molecule has 1 heterocycles. The molecule has 4 nitrogen and oxygen atoms in total. The standard InChI is InChI=1S/C13H15BrN2O2/c1-8-5-9(14)3-4-11(8)13(18)15-10-6-12(17)16(2)7-10/h3-5,10H,6-7H2,1-2H3,(H,15,18). The van der Waals surface area contributed by atoms with E-state index in [0.717, 1.165) is 10.0 Å². The number of hydrogen-bond acceptors (Lipinski definition) is 2. The molecule has 18 heavy (non-hydrogen) atoms. The molecule has 2 amide bonds. The zero-order chi connectivity index (χ0) is 13.3. The lowest BCUT2D eigenvalue weighted by Crippen LogP contribution is -2.36. The summed E-state index contributed by atoms with van der Waals surface area (Å²) in [5, 5.41) is 2.90. The fourth-order valence-corrected chi connectivity index (χ4v) is 2.58. The Kier molecular flexibility index (Phi) is 3.71. The van der Waals surface area contributed by atoms with Gasteiger partial charge in [0.15, 0.2) is 0 Å². The second-order valence-corrected chi connectivity index (χ2v) is 5.52. The van der Waals surface area contributed by atoms with Crippen LogP contribution in [0.1, 0.15) is 22.3 Å². The van der Waals surface area contributed by atoms with Gasteiger partial charge in [-0.25, -0.2) is 0 Å². The van der Waals surface area contributed by atoms with Crippen molar-refractivity contribution in [1.82, 2.24) is 10.2 Å². The van der Waals surface area contributed by atoms with Crippen LogP contribution >= 0.6 is 15.9 Å². The van der Waals surface area contributed by atoms with Gasteiger partial charge < -0.3 is 10.2 Å². The van der Waals surface area contributed by atoms with Gasteiger partial charge in [-0.2, -0.15) is 0 Å². The maximum atomic E-state index is 12.1. The predicted octanol–water partition coefficient (Wildman–Crippen LogP) is 1.72. The molecule has 2 rings (SSSR count). The van der Waals surface area contributed by atoms with Crippen molar-refractivity contribution in [2.24, 2.45) is 0 Å². The van der Waals surface area contributed by atoms with E-state index in [1.54, 1.807) is 18.0 Å². The van der Waals surface area contributed by atoms with Crippen molar-refractivity contribution < 1.29 is 9.59 Å². The van der Waals surface area contributed by atoms with Gasteiger partial charge in [-0.15, -0.1) is 0 Å². The Hall–Kier alpha value is -1.36. The van der Waals surface area contributed by atoms with Crippen LogP contribution in [0.15, 0.2) is 22.7 Å². The number of halogens is 1. The average Bonchev–Trinajstić information content (AvgIpc) is 2.57. The quantitative estimate of drug-likeness (QED) is 0.904. The number of carbonyl (C=O) groups excluding carboxylic acids is 2. The number of aryl methyl sites for hydroxylation is 1. The van der Waals surface area contributed by atoms with E-state index >= 15 is 0 Å². The second kappa shape index (κ2) is 5.10. The number of hydrogen-bond donors (Lipinski definition) is 1. The zero-order valence-corrected chi connectivity index (χ0v) is 12.0. The normalized spacial score (nSPS) is 19.2. The molecule has 0 spiro atoms. The van der Waals surface area contributed by atoms with Crippen LogP contribution in [-0.2, 0) is 4.79 Å². The summed E-state index contributed by atoms with van der Waals surface area (Å²) in [5.74, 6) is -0.0408. The third-order valence-electron chi connectivity index (χ3n) is 3.11. The Morgan fingerprint density at radius 2 is 2.22 bits per heavy atom. The van der Waals surface area contributed by atoms with Crippen molar-refractivity contribution in [3.63, 3.8) is 0 Å². The zero-order valence-electron chi connectivity index (χ0n) is 10.4. The first-order chi connectivity index (χ1) is 8.47. The van der Waals surface area contributed by atoms with Crippen LogP contribution in [0, 0.1) is 6.92 Å². The molecule has 1 aliphatic heterocycles. The average molecular weight is 311 g/mol. The monoisotopic (exact) mass is 310 g/mol. The molecule has 1 unspecified atom stereocenters. The van der Waals surface area contributed by atoms with Crippen LogP contribution in [0.5, 0.6) is 0 Å². The van der Waals surface area contributed by atoms with Crippen LogP contribution in [0.3, 0.4) is 0 Å². The smallest absolute Gasteiger partial charge is 0.251 e. The van der Waals surface area contributed by atoms with E-state index in [0.29, 0.717) is 18.5 Å².